The first-order chi connectivity index (χ1) is 9.20. The average molecular weight is 264 g/mol. The summed E-state index contributed by atoms with van der Waals surface area (Å²) in [5.41, 5.74) is 0.848. The highest BCUT2D eigenvalue weighted by Gasteiger charge is 2.15. The van der Waals surface area contributed by atoms with Gasteiger partial charge in [0.2, 0.25) is 6.79 Å². The number of carbonyl (C=O) groups is 2. The third-order valence-electron chi connectivity index (χ3n) is 2.63. The van der Waals surface area contributed by atoms with E-state index < -0.39 is 11.8 Å². The molecule has 1 heterocycles. The van der Waals surface area contributed by atoms with E-state index >= 15 is 0 Å². The van der Waals surface area contributed by atoms with Crippen LogP contribution in [0, 0.1) is 0 Å². The van der Waals surface area contributed by atoms with Gasteiger partial charge in [0.05, 0.1) is 0 Å². The van der Waals surface area contributed by atoms with Crippen molar-refractivity contribution < 1.29 is 19.1 Å². The minimum absolute atomic E-state index is 0.213. The molecule has 2 amide bonds. The van der Waals surface area contributed by atoms with Gasteiger partial charge in [-0.25, -0.2) is 0 Å². The highest BCUT2D eigenvalue weighted by Crippen LogP contribution is 2.32. The van der Waals surface area contributed by atoms with Crippen LogP contribution in [0.1, 0.15) is 18.9 Å². The number of benzene rings is 1. The van der Waals surface area contributed by atoms with Crippen molar-refractivity contribution in [1.82, 2.24) is 10.6 Å². The lowest BCUT2D eigenvalue weighted by Gasteiger charge is -2.06. The van der Waals surface area contributed by atoms with Crippen molar-refractivity contribution in [1.29, 1.82) is 0 Å². The van der Waals surface area contributed by atoms with Crippen LogP contribution in [0.3, 0.4) is 0 Å². The molecule has 0 saturated carbocycles. The maximum atomic E-state index is 11.5. The molecule has 0 fully saturated rings. The van der Waals surface area contributed by atoms with Crippen molar-refractivity contribution in [2.45, 2.75) is 19.9 Å². The van der Waals surface area contributed by atoms with Gasteiger partial charge in [-0.1, -0.05) is 13.0 Å². The number of fused-ring (bicyclic) bond motifs is 1. The molecule has 1 aliphatic heterocycles. The molecule has 19 heavy (non-hydrogen) atoms. The molecule has 1 aliphatic rings. The molecule has 0 aromatic heterocycles. The Kier molecular flexibility index (Phi) is 4.22. The third kappa shape index (κ3) is 3.37. The monoisotopic (exact) mass is 264 g/mol. The topological polar surface area (TPSA) is 76.7 Å². The molecule has 6 nitrogen and oxygen atoms in total. The molecule has 6 heteroatoms. The summed E-state index contributed by atoms with van der Waals surface area (Å²) >= 11 is 0. The largest absolute Gasteiger partial charge is 0.454 e. The number of amides is 2. The highest BCUT2D eigenvalue weighted by molar-refractivity contribution is 6.35. The zero-order valence-corrected chi connectivity index (χ0v) is 10.7. The molecule has 0 atom stereocenters. The second-order valence-electron chi connectivity index (χ2n) is 4.13. The summed E-state index contributed by atoms with van der Waals surface area (Å²) in [6, 6.07) is 5.38. The Morgan fingerprint density at radius 2 is 1.89 bits per heavy atom. The van der Waals surface area contributed by atoms with Crippen molar-refractivity contribution in [2.75, 3.05) is 13.3 Å². The number of nitrogens with one attached hydrogen (secondary N) is 2. The molecule has 0 saturated heterocycles. The van der Waals surface area contributed by atoms with Gasteiger partial charge in [-0.2, -0.15) is 0 Å². The first-order valence-electron chi connectivity index (χ1n) is 6.15. The second kappa shape index (κ2) is 6.08. The summed E-state index contributed by atoms with van der Waals surface area (Å²) in [4.78, 5) is 22.8. The van der Waals surface area contributed by atoms with Gasteiger partial charge in [-0.05, 0) is 24.1 Å². The quantitative estimate of drug-likeness (QED) is 0.779. The van der Waals surface area contributed by atoms with Crippen LogP contribution in [0.5, 0.6) is 11.5 Å². The number of rotatable bonds is 4. The van der Waals surface area contributed by atoms with Gasteiger partial charge in [0.15, 0.2) is 11.5 Å². The van der Waals surface area contributed by atoms with Gasteiger partial charge in [0, 0.05) is 13.1 Å². The summed E-state index contributed by atoms with van der Waals surface area (Å²) in [5, 5.41) is 5.07. The molecule has 2 rings (SSSR count). The molecule has 102 valence electrons. The van der Waals surface area contributed by atoms with E-state index in [0.29, 0.717) is 18.0 Å². The van der Waals surface area contributed by atoms with Crippen LogP contribution < -0.4 is 20.1 Å². The van der Waals surface area contributed by atoms with Crippen molar-refractivity contribution in [3.8, 4) is 11.5 Å². The van der Waals surface area contributed by atoms with E-state index in [2.05, 4.69) is 10.6 Å². The summed E-state index contributed by atoms with van der Waals surface area (Å²) in [5.74, 6) is 0.103. The van der Waals surface area contributed by atoms with Crippen LogP contribution in [0.25, 0.3) is 0 Å². The van der Waals surface area contributed by atoms with Crippen LogP contribution in [-0.2, 0) is 16.1 Å². The van der Waals surface area contributed by atoms with Crippen molar-refractivity contribution in [2.24, 2.45) is 0 Å². The molecule has 1 aromatic carbocycles. The third-order valence-corrected chi connectivity index (χ3v) is 2.63. The molecular formula is C13H16N2O4. The predicted molar refractivity (Wildman–Crippen MR) is 67.7 cm³/mol. The van der Waals surface area contributed by atoms with Gasteiger partial charge >= 0.3 is 11.8 Å². The fourth-order valence-electron chi connectivity index (χ4n) is 1.63. The second-order valence-corrected chi connectivity index (χ2v) is 4.13. The van der Waals surface area contributed by atoms with Crippen LogP contribution >= 0.6 is 0 Å². The molecule has 0 radical (unpaired) electrons. The van der Waals surface area contributed by atoms with E-state index in [4.69, 9.17) is 9.47 Å². The first-order valence-corrected chi connectivity index (χ1v) is 6.15. The average Bonchev–Trinajstić information content (AvgIpc) is 2.89. The highest BCUT2D eigenvalue weighted by atomic mass is 16.7. The summed E-state index contributed by atoms with van der Waals surface area (Å²) < 4.78 is 10.4. The van der Waals surface area contributed by atoms with E-state index in [1.165, 1.54) is 0 Å². The lowest BCUT2D eigenvalue weighted by atomic mass is 10.2. The lowest BCUT2D eigenvalue weighted by Crippen LogP contribution is -2.39. The predicted octanol–water partition coefficient (Wildman–Crippen LogP) is 0.558. The summed E-state index contributed by atoms with van der Waals surface area (Å²) in [6.45, 7) is 2.90. The van der Waals surface area contributed by atoms with Gasteiger partial charge in [0.1, 0.15) is 0 Å². The zero-order valence-electron chi connectivity index (χ0n) is 10.7. The zero-order chi connectivity index (χ0) is 13.7. The number of ether oxygens (including phenoxy) is 2. The fraction of sp³-hybridized carbons (Fsp3) is 0.385. The Hall–Kier alpha value is -2.24. The van der Waals surface area contributed by atoms with E-state index in [1.54, 1.807) is 12.1 Å². The van der Waals surface area contributed by atoms with Crippen LogP contribution in [0.15, 0.2) is 18.2 Å². The Bertz CT molecular complexity index is 488. The molecule has 0 unspecified atom stereocenters. The standard InChI is InChI=1S/C13H16N2O4/c1-2-5-14-12(16)13(17)15-7-9-3-4-10-11(6-9)19-8-18-10/h3-4,6H,2,5,7-8H2,1H3,(H,14,16)(H,15,17). The van der Waals surface area contributed by atoms with Gasteiger partial charge in [0.25, 0.3) is 0 Å². The van der Waals surface area contributed by atoms with Crippen LogP contribution in [0.2, 0.25) is 0 Å². The van der Waals surface area contributed by atoms with Crippen molar-refractivity contribution >= 4 is 11.8 Å². The number of carbonyl (C=O) groups excluding carboxylic acids is 2. The van der Waals surface area contributed by atoms with E-state index in [1.807, 2.05) is 13.0 Å². The minimum Gasteiger partial charge on any atom is -0.454 e. The van der Waals surface area contributed by atoms with E-state index in [-0.39, 0.29) is 13.3 Å². The Morgan fingerprint density at radius 1 is 1.16 bits per heavy atom. The van der Waals surface area contributed by atoms with Crippen LogP contribution in [0.4, 0.5) is 0 Å². The molecule has 0 bridgehead atoms. The maximum absolute atomic E-state index is 11.5. The normalized spacial score (nSPS) is 12.1. The Labute approximate surface area is 111 Å². The summed E-state index contributed by atoms with van der Waals surface area (Å²) in [7, 11) is 0. The molecule has 1 aromatic rings. The SMILES string of the molecule is CCCNC(=O)C(=O)NCc1ccc2c(c1)OCO2. The Balaban J connectivity index is 1.85. The van der Waals surface area contributed by atoms with E-state index in [9.17, 15) is 9.59 Å². The number of hydrogen-bond donors (Lipinski definition) is 2. The minimum atomic E-state index is -0.633. The smallest absolute Gasteiger partial charge is 0.309 e. The molecule has 0 spiro atoms. The van der Waals surface area contributed by atoms with Gasteiger partial charge in [-0.3, -0.25) is 9.59 Å². The van der Waals surface area contributed by atoms with E-state index in [0.717, 1.165) is 12.0 Å². The van der Waals surface area contributed by atoms with Gasteiger partial charge in [-0.15, -0.1) is 0 Å². The Morgan fingerprint density at radius 3 is 2.68 bits per heavy atom. The summed E-state index contributed by atoms with van der Waals surface area (Å²) in [6.07, 6.45) is 0.793. The van der Waals surface area contributed by atoms with Crippen molar-refractivity contribution in [3.63, 3.8) is 0 Å². The maximum Gasteiger partial charge on any atom is 0.309 e. The molecule has 2 N–H and O–H groups in total. The lowest BCUT2D eigenvalue weighted by molar-refractivity contribution is -0.139. The fourth-order valence-corrected chi connectivity index (χ4v) is 1.63. The first kappa shape index (κ1) is 13.2. The number of hydrogen-bond acceptors (Lipinski definition) is 4. The van der Waals surface area contributed by atoms with Crippen molar-refractivity contribution in [3.05, 3.63) is 23.8 Å². The molecular weight excluding hydrogens is 248 g/mol. The molecule has 0 aliphatic carbocycles. The van der Waals surface area contributed by atoms with Gasteiger partial charge < -0.3 is 20.1 Å². The van der Waals surface area contributed by atoms with Crippen LogP contribution in [-0.4, -0.2) is 25.2 Å².